The maximum absolute atomic E-state index is 11.7. The molecule has 0 aliphatic rings. The second-order valence-electron chi connectivity index (χ2n) is 5.52. The molecule has 2 aromatic heterocycles. The minimum atomic E-state index is -0.0959. The van der Waals surface area contributed by atoms with E-state index in [1.165, 1.54) is 0 Å². The third kappa shape index (κ3) is 3.90. The summed E-state index contributed by atoms with van der Waals surface area (Å²) in [7, 11) is 0. The molecule has 1 amide bonds. The van der Waals surface area contributed by atoms with E-state index in [0.717, 1.165) is 42.1 Å². The topological polar surface area (TPSA) is 82.7 Å². The molecule has 0 spiro atoms. The van der Waals surface area contributed by atoms with Crippen LogP contribution in [0.2, 0.25) is 0 Å². The van der Waals surface area contributed by atoms with Crippen molar-refractivity contribution < 1.29 is 4.79 Å². The number of imidazole rings is 1. The van der Waals surface area contributed by atoms with E-state index in [0.29, 0.717) is 12.1 Å². The maximum atomic E-state index is 11.7. The second-order valence-corrected chi connectivity index (χ2v) is 5.52. The Hall–Kier alpha value is -2.89. The lowest BCUT2D eigenvalue weighted by molar-refractivity contribution is 0.0955. The number of amides is 1. The van der Waals surface area contributed by atoms with Crippen LogP contribution >= 0.6 is 0 Å². The monoisotopic (exact) mass is 323 g/mol. The van der Waals surface area contributed by atoms with E-state index in [1.807, 2.05) is 37.3 Å². The summed E-state index contributed by atoms with van der Waals surface area (Å²) in [6.45, 7) is 3.30. The Morgan fingerprint density at radius 2 is 2.08 bits per heavy atom. The molecule has 0 unspecified atom stereocenters. The Labute approximate surface area is 140 Å². The summed E-state index contributed by atoms with van der Waals surface area (Å²) in [4.78, 5) is 23.8. The van der Waals surface area contributed by atoms with E-state index in [4.69, 9.17) is 0 Å². The number of aromatic amines is 1. The predicted octanol–water partition coefficient (Wildman–Crippen LogP) is 2.75. The number of nitrogens with one attached hydrogen (secondary N) is 3. The zero-order valence-corrected chi connectivity index (χ0v) is 13.7. The number of pyridine rings is 1. The fourth-order valence-corrected chi connectivity index (χ4v) is 2.49. The first kappa shape index (κ1) is 16.0. The van der Waals surface area contributed by atoms with Gasteiger partial charge in [-0.2, -0.15) is 0 Å². The number of carbonyl (C=O) groups excluding carboxylic acids is 1. The van der Waals surface area contributed by atoms with E-state index < -0.39 is 0 Å². The number of benzene rings is 1. The van der Waals surface area contributed by atoms with Crippen LogP contribution in [0.15, 0.2) is 42.6 Å². The van der Waals surface area contributed by atoms with Crippen LogP contribution in [0.4, 0.5) is 5.82 Å². The first-order valence-corrected chi connectivity index (χ1v) is 8.18. The number of anilines is 1. The van der Waals surface area contributed by atoms with Crippen LogP contribution in [0.3, 0.4) is 0 Å². The second kappa shape index (κ2) is 7.59. The lowest BCUT2D eigenvalue weighted by atomic mass is 10.2. The Morgan fingerprint density at radius 3 is 2.83 bits per heavy atom. The van der Waals surface area contributed by atoms with Gasteiger partial charge < -0.3 is 15.6 Å². The first-order chi connectivity index (χ1) is 11.8. The van der Waals surface area contributed by atoms with Gasteiger partial charge in [0.05, 0.1) is 16.6 Å². The summed E-state index contributed by atoms with van der Waals surface area (Å²) < 4.78 is 0. The minimum Gasteiger partial charge on any atom is -0.370 e. The molecule has 0 radical (unpaired) electrons. The molecule has 6 nitrogen and oxygen atoms in total. The van der Waals surface area contributed by atoms with Crippen molar-refractivity contribution in [3.05, 3.63) is 54.0 Å². The van der Waals surface area contributed by atoms with Gasteiger partial charge >= 0.3 is 0 Å². The predicted molar refractivity (Wildman–Crippen MR) is 95.1 cm³/mol. The van der Waals surface area contributed by atoms with Gasteiger partial charge in [-0.25, -0.2) is 9.97 Å². The maximum Gasteiger partial charge on any atom is 0.252 e. The molecular weight excluding hydrogens is 302 g/mol. The van der Waals surface area contributed by atoms with Crippen LogP contribution < -0.4 is 10.6 Å². The van der Waals surface area contributed by atoms with E-state index in [2.05, 4.69) is 25.6 Å². The van der Waals surface area contributed by atoms with Gasteiger partial charge in [-0.15, -0.1) is 0 Å². The number of nitrogens with zero attached hydrogens (tertiary/aromatic N) is 2. The molecule has 0 saturated carbocycles. The van der Waals surface area contributed by atoms with E-state index in [9.17, 15) is 4.79 Å². The summed E-state index contributed by atoms with van der Waals surface area (Å²) in [6.07, 6.45) is 3.41. The zero-order chi connectivity index (χ0) is 16.8. The molecule has 3 aromatic rings. The van der Waals surface area contributed by atoms with Crippen molar-refractivity contribution in [3.8, 4) is 0 Å². The number of rotatable bonds is 7. The Kier molecular flexibility index (Phi) is 5.05. The lowest BCUT2D eigenvalue weighted by Gasteiger charge is -2.06. The Bertz CT molecular complexity index is 777. The highest BCUT2D eigenvalue weighted by Gasteiger charge is 2.05. The number of H-pyrrole nitrogens is 1. The van der Waals surface area contributed by atoms with Crippen LogP contribution in [0, 0.1) is 0 Å². The molecule has 0 aliphatic carbocycles. The first-order valence-electron chi connectivity index (χ1n) is 8.18. The molecule has 3 N–H and O–H groups in total. The van der Waals surface area contributed by atoms with Gasteiger partial charge in [0.25, 0.3) is 5.91 Å². The number of para-hydroxylation sites is 2. The van der Waals surface area contributed by atoms with Gasteiger partial charge in [0.1, 0.15) is 11.6 Å². The van der Waals surface area contributed by atoms with Gasteiger partial charge in [0.2, 0.25) is 0 Å². The minimum absolute atomic E-state index is 0.0959. The highest BCUT2D eigenvalue weighted by Crippen LogP contribution is 2.11. The van der Waals surface area contributed by atoms with E-state index in [-0.39, 0.29) is 5.91 Å². The van der Waals surface area contributed by atoms with E-state index >= 15 is 0 Å². The third-order valence-corrected chi connectivity index (χ3v) is 3.70. The average molecular weight is 323 g/mol. The highest BCUT2D eigenvalue weighted by atomic mass is 16.1. The number of aromatic nitrogens is 3. The van der Waals surface area contributed by atoms with Crippen LogP contribution in [0.25, 0.3) is 11.0 Å². The van der Waals surface area contributed by atoms with Crippen molar-refractivity contribution in [3.63, 3.8) is 0 Å². The molecule has 0 bridgehead atoms. The average Bonchev–Trinajstić information content (AvgIpc) is 3.02. The van der Waals surface area contributed by atoms with Gasteiger partial charge in [0.15, 0.2) is 0 Å². The largest absolute Gasteiger partial charge is 0.370 e. The molecule has 6 heteroatoms. The van der Waals surface area contributed by atoms with Crippen molar-refractivity contribution in [2.45, 2.75) is 19.8 Å². The fourth-order valence-electron chi connectivity index (χ4n) is 2.49. The summed E-state index contributed by atoms with van der Waals surface area (Å²) in [6, 6.07) is 11.6. The number of hydrogen-bond acceptors (Lipinski definition) is 4. The summed E-state index contributed by atoms with van der Waals surface area (Å²) in [5.41, 5.74) is 2.65. The molecule has 0 aliphatic heterocycles. The summed E-state index contributed by atoms with van der Waals surface area (Å²) >= 11 is 0. The SMILES string of the molecule is CCNC(=O)c1ccc(NCCCc2nc3ccccc3[nH]2)nc1. The van der Waals surface area contributed by atoms with Crippen molar-refractivity contribution in [1.82, 2.24) is 20.3 Å². The highest BCUT2D eigenvalue weighted by molar-refractivity contribution is 5.93. The smallest absolute Gasteiger partial charge is 0.252 e. The van der Waals surface area contributed by atoms with Gasteiger partial charge in [-0.05, 0) is 37.6 Å². The Morgan fingerprint density at radius 1 is 1.21 bits per heavy atom. The van der Waals surface area contributed by atoms with Crippen molar-refractivity contribution in [2.75, 3.05) is 18.4 Å². The van der Waals surface area contributed by atoms with Crippen LogP contribution in [0.1, 0.15) is 29.5 Å². The van der Waals surface area contributed by atoms with Crippen molar-refractivity contribution >= 4 is 22.8 Å². The van der Waals surface area contributed by atoms with Crippen molar-refractivity contribution in [2.24, 2.45) is 0 Å². The molecular formula is C18H21N5O. The zero-order valence-electron chi connectivity index (χ0n) is 13.7. The summed E-state index contributed by atoms with van der Waals surface area (Å²) in [5.74, 6) is 1.67. The number of fused-ring (bicyclic) bond motifs is 1. The molecule has 124 valence electrons. The molecule has 3 rings (SSSR count). The number of aryl methyl sites for hydroxylation is 1. The van der Waals surface area contributed by atoms with Crippen LogP contribution in [-0.2, 0) is 6.42 Å². The van der Waals surface area contributed by atoms with E-state index in [1.54, 1.807) is 12.3 Å². The molecule has 0 saturated heterocycles. The Balaban J connectivity index is 1.47. The molecule has 1 aromatic carbocycles. The molecule has 0 atom stereocenters. The van der Waals surface area contributed by atoms with Gasteiger partial charge in [-0.1, -0.05) is 12.1 Å². The molecule has 0 fully saturated rings. The summed E-state index contributed by atoms with van der Waals surface area (Å²) in [5, 5.41) is 6.02. The normalized spacial score (nSPS) is 10.7. The quantitative estimate of drug-likeness (QED) is 0.584. The lowest BCUT2D eigenvalue weighted by Crippen LogP contribution is -2.22. The van der Waals surface area contributed by atoms with Crippen LogP contribution in [0.5, 0.6) is 0 Å². The van der Waals surface area contributed by atoms with Crippen LogP contribution in [-0.4, -0.2) is 33.9 Å². The standard InChI is InChI=1S/C18H21N5O/c1-2-19-18(24)13-9-10-16(21-12-13)20-11-5-8-17-22-14-6-3-4-7-15(14)23-17/h3-4,6-7,9-10,12H,2,5,8,11H2,1H3,(H,19,24)(H,20,21)(H,22,23). The van der Waals surface area contributed by atoms with Gasteiger partial charge in [0, 0.05) is 25.7 Å². The number of hydrogen-bond donors (Lipinski definition) is 3. The van der Waals surface area contributed by atoms with Gasteiger partial charge in [-0.3, -0.25) is 4.79 Å². The number of carbonyl (C=O) groups is 1. The fraction of sp³-hybridized carbons (Fsp3) is 0.278. The third-order valence-electron chi connectivity index (χ3n) is 3.70. The molecule has 2 heterocycles. The van der Waals surface area contributed by atoms with Crippen molar-refractivity contribution in [1.29, 1.82) is 0 Å². The molecule has 24 heavy (non-hydrogen) atoms.